The normalized spacial score (nSPS) is 11.8. The average molecular weight is 567 g/mol. The van der Waals surface area contributed by atoms with Crippen LogP contribution in [0.4, 0.5) is 17.6 Å². The number of nitrogens with one attached hydrogen (secondary N) is 1. The first-order valence-corrected chi connectivity index (χ1v) is 12.0. The number of hydrogen-bond donors (Lipinski definition) is 1. The molecule has 0 aliphatic heterocycles. The maximum absolute atomic E-state index is 14.7. The van der Waals surface area contributed by atoms with E-state index in [4.69, 9.17) is 21.1 Å². The first-order chi connectivity index (χ1) is 17.1. The third-order valence-corrected chi connectivity index (χ3v) is 5.28. The van der Waals surface area contributed by atoms with E-state index < -0.39 is 68.2 Å². The summed E-state index contributed by atoms with van der Waals surface area (Å²) in [6.45, 7) is -0.750. The summed E-state index contributed by atoms with van der Waals surface area (Å²) in [5.41, 5.74) is -4.62. The van der Waals surface area contributed by atoms with Gasteiger partial charge in [0, 0.05) is 19.2 Å². The lowest BCUT2D eigenvalue weighted by atomic mass is 10.3. The summed E-state index contributed by atoms with van der Waals surface area (Å²) >= 11 is 5.97. The van der Waals surface area contributed by atoms with Gasteiger partial charge in [-0.25, -0.2) is 22.2 Å². The fourth-order valence-corrected chi connectivity index (χ4v) is 3.55. The lowest BCUT2D eigenvalue weighted by molar-refractivity contribution is -0.144. The number of carbonyl (C=O) groups is 1. The van der Waals surface area contributed by atoms with Crippen LogP contribution < -0.4 is 25.4 Å². The predicted octanol–water partition coefficient (Wildman–Crippen LogP) is 1.99. The number of rotatable bonds is 7. The summed E-state index contributed by atoms with van der Waals surface area (Å²) in [6, 6.07) is 6.25. The number of pyridine rings is 1. The third-order valence-electron chi connectivity index (χ3n) is 4.41. The lowest BCUT2D eigenvalue weighted by Crippen LogP contribution is -2.41. The third kappa shape index (κ3) is 6.45. The number of carbonyl (C=O) groups excluding carboxylic acids is 1. The molecule has 37 heavy (non-hydrogen) atoms. The first kappa shape index (κ1) is 27.7. The van der Waals surface area contributed by atoms with Crippen molar-refractivity contribution in [1.82, 2.24) is 18.8 Å². The second kappa shape index (κ2) is 10.2. The number of aromatic nitrogens is 3. The largest absolute Gasteiger partial charge is 0.480 e. The number of nitrogens with zero attached hydrogens (tertiary/aromatic N) is 3. The number of para-hydroxylation sites is 2. The van der Waals surface area contributed by atoms with E-state index in [2.05, 4.69) is 4.98 Å². The maximum atomic E-state index is 14.7. The molecule has 1 aromatic carbocycles. The lowest BCUT2D eigenvalue weighted by Gasteiger charge is -2.15. The highest BCUT2D eigenvalue weighted by atomic mass is 35.5. The van der Waals surface area contributed by atoms with E-state index in [-0.39, 0.29) is 26.7 Å². The fraction of sp³-hybridized carbons (Fsp3) is 0.200. The van der Waals surface area contributed by atoms with Gasteiger partial charge in [0.2, 0.25) is 15.9 Å². The van der Waals surface area contributed by atoms with Crippen LogP contribution in [0.3, 0.4) is 0 Å². The first-order valence-electron chi connectivity index (χ1n) is 9.75. The molecule has 0 aliphatic carbocycles. The Balaban J connectivity index is 2.01. The summed E-state index contributed by atoms with van der Waals surface area (Å²) in [4.78, 5) is 40.3. The molecule has 2 heterocycles. The van der Waals surface area contributed by atoms with Crippen LogP contribution in [0.25, 0.3) is 5.82 Å². The van der Waals surface area contributed by atoms with Crippen LogP contribution in [0, 0.1) is 5.82 Å². The molecule has 0 spiro atoms. The Kier molecular flexibility index (Phi) is 7.64. The highest BCUT2D eigenvalue weighted by Crippen LogP contribution is 2.35. The standard InChI is InChI=1S/C20H15ClF4N4O7S/c1-28-14(20(23,24)25)8-16(31)29(19(28)32)17-11(22)7-10(21)18(26-17)36-13-6-4-3-5-12(13)35-9-15(30)27-37(2,33)34/h3-8H,9H2,1-2H3,(H,27,30). The van der Waals surface area contributed by atoms with Crippen LogP contribution in [-0.2, 0) is 28.0 Å². The smallest absolute Gasteiger partial charge is 0.431 e. The summed E-state index contributed by atoms with van der Waals surface area (Å²) < 4.78 is 88.8. The van der Waals surface area contributed by atoms with Crippen molar-refractivity contribution >= 4 is 27.5 Å². The van der Waals surface area contributed by atoms with E-state index in [1.807, 2.05) is 0 Å². The average Bonchev–Trinajstić information content (AvgIpc) is 2.76. The van der Waals surface area contributed by atoms with Gasteiger partial charge in [0.1, 0.15) is 10.7 Å². The fourth-order valence-electron chi connectivity index (χ4n) is 2.90. The molecule has 3 aromatic rings. The number of amides is 1. The second-order valence-electron chi connectivity index (χ2n) is 7.26. The van der Waals surface area contributed by atoms with Gasteiger partial charge in [-0.3, -0.25) is 18.9 Å². The van der Waals surface area contributed by atoms with Crippen molar-refractivity contribution in [2.24, 2.45) is 7.05 Å². The van der Waals surface area contributed by atoms with Gasteiger partial charge in [0.25, 0.3) is 11.5 Å². The van der Waals surface area contributed by atoms with E-state index >= 15 is 0 Å². The van der Waals surface area contributed by atoms with E-state index in [0.717, 1.165) is 13.3 Å². The molecule has 0 aliphatic rings. The predicted molar refractivity (Wildman–Crippen MR) is 120 cm³/mol. The molecule has 3 rings (SSSR count). The summed E-state index contributed by atoms with van der Waals surface area (Å²) in [6.07, 6.45) is -4.27. The number of ether oxygens (including phenoxy) is 2. The minimum absolute atomic E-state index is 0.0612. The highest BCUT2D eigenvalue weighted by molar-refractivity contribution is 7.89. The van der Waals surface area contributed by atoms with Gasteiger partial charge in [-0.15, -0.1) is 0 Å². The van der Waals surface area contributed by atoms with E-state index in [1.165, 1.54) is 24.3 Å². The van der Waals surface area contributed by atoms with E-state index in [9.17, 15) is 40.4 Å². The van der Waals surface area contributed by atoms with Crippen molar-refractivity contribution < 1.29 is 40.2 Å². The molecule has 0 unspecified atom stereocenters. The van der Waals surface area contributed by atoms with Crippen LogP contribution in [0.5, 0.6) is 17.4 Å². The zero-order valence-electron chi connectivity index (χ0n) is 18.7. The Bertz CT molecular complexity index is 1600. The van der Waals surface area contributed by atoms with Crippen LogP contribution in [0.2, 0.25) is 5.02 Å². The summed E-state index contributed by atoms with van der Waals surface area (Å²) in [7, 11) is -3.10. The van der Waals surface area contributed by atoms with E-state index in [1.54, 1.807) is 4.72 Å². The molecule has 1 amide bonds. The van der Waals surface area contributed by atoms with Crippen molar-refractivity contribution in [2.75, 3.05) is 12.9 Å². The van der Waals surface area contributed by atoms with Gasteiger partial charge >= 0.3 is 11.9 Å². The van der Waals surface area contributed by atoms with Crippen molar-refractivity contribution in [1.29, 1.82) is 0 Å². The topological polar surface area (TPSA) is 139 Å². The summed E-state index contributed by atoms with van der Waals surface area (Å²) in [5.74, 6) is -4.17. The quantitative estimate of drug-likeness (QED) is 0.429. The number of sulfonamides is 1. The molecule has 198 valence electrons. The zero-order valence-corrected chi connectivity index (χ0v) is 20.2. The molecule has 0 saturated heterocycles. The number of halogens is 5. The molecular formula is C20H15ClF4N4O7S. The van der Waals surface area contributed by atoms with Gasteiger partial charge in [-0.1, -0.05) is 23.7 Å². The molecule has 0 fully saturated rings. The van der Waals surface area contributed by atoms with Gasteiger partial charge in [0.15, 0.2) is 29.7 Å². The molecule has 2 aromatic heterocycles. The van der Waals surface area contributed by atoms with Crippen molar-refractivity contribution in [3.63, 3.8) is 0 Å². The molecule has 1 N–H and O–H groups in total. The Labute approximate surface area is 209 Å². The van der Waals surface area contributed by atoms with Crippen molar-refractivity contribution in [3.8, 4) is 23.2 Å². The van der Waals surface area contributed by atoms with E-state index in [0.29, 0.717) is 6.07 Å². The van der Waals surface area contributed by atoms with Crippen LogP contribution in [0.1, 0.15) is 5.69 Å². The molecule has 0 radical (unpaired) electrons. The number of alkyl halides is 3. The monoisotopic (exact) mass is 566 g/mol. The minimum atomic E-state index is -5.03. The van der Waals surface area contributed by atoms with Gasteiger partial charge in [-0.2, -0.15) is 18.2 Å². The number of benzene rings is 1. The zero-order chi connectivity index (χ0) is 27.7. The number of hydrogen-bond acceptors (Lipinski definition) is 8. The van der Waals surface area contributed by atoms with Gasteiger partial charge < -0.3 is 9.47 Å². The maximum Gasteiger partial charge on any atom is 0.431 e. The molecule has 0 bridgehead atoms. The molecule has 17 heteroatoms. The SMILES string of the molecule is Cn1c(C(F)(F)F)cc(=O)n(-c2nc(Oc3ccccc3OCC(=O)NS(C)(=O)=O)c(Cl)cc2F)c1=O. The molecule has 0 saturated carbocycles. The Morgan fingerprint density at radius 2 is 1.78 bits per heavy atom. The van der Waals surface area contributed by atoms with Crippen molar-refractivity contribution in [3.05, 3.63) is 73.8 Å². The second-order valence-corrected chi connectivity index (χ2v) is 9.41. The Morgan fingerprint density at radius 1 is 1.16 bits per heavy atom. The molecule has 0 atom stereocenters. The molecule has 11 nitrogen and oxygen atoms in total. The molecular weight excluding hydrogens is 552 g/mol. The van der Waals surface area contributed by atoms with Gasteiger partial charge in [0.05, 0.1) is 6.26 Å². The van der Waals surface area contributed by atoms with Crippen LogP contribution in [0.15, 0.2) is 46.0 Å². The van der Waals surface area contributed by atoms with Gasteiger partial charge in [-0.05, 0) is 12.1 Å². The Hall–Kier alpha value is -3.92. The minimum Gasteiger partial charge on any atom is -0.480 e. The van der Waals surface area contributed by atoms with Crippen LogP contribution >= 0.6 is 11.6 Å². The van der Waals surface area contributed by atoms with Crippen molar-refractivity contribution in [2.45, 2.75) is 6.18 Å². The Morgan fingerprint density at radius 3 is 2.38 bits per heavy atom. The highest BCUT2D eigenvalue weighted by Gasteiger charge is 2.35. The van der Waals surface area contributed by atoms with Crippen LogP contribution in [-0.4, -0.2) is 41.3 Å². The summed E-state index contributed by atoms with van der Waals surface area (Å²) in [5, 5.41) is -0.456.